The predicted octanol–water partition coefficient (Wildman–Crippen LogP) is 3.33. The van der Waals surface area contributed by atoms with Gasteiger partial charge in [-0.15, -0.1) is 0 Å². The number of carbonyl (C=O) groups excluding carboxylic acids is 8. The summed E-state index contributed by atoms with van der Waals surface area (Å²) in [6, 6.07) is 14.9. The van der Waals surface area contributed by atoms with Gasteiger partial charge in [-0.1, -0.05) is 121 Å². The highest BCUT2D eigenvalue weighted by atomic mass is 16.5. The number of nitrogens with two attached hydrogens (primary N) is 1. The van der Waals surface area contributed by atoms with Gasteiger partial charge < -0.3 is 52.6 Å². The first-order valence-electron chi connectivity index (χ1n) is 24.8. The van der Waals surface area contributed by atoms with Crippen LogP contribution in [0.4, 0.5) is 0 Å². The van der Waals surface area contributed by atoms with Crippen LogP contribution in [0.5, 0.6) is 5.75 Å². The Balaban J connectivity index is 1.96. The van der Waals surface area contributed by atoms with Crippen molar-refractivity contribution in [2.45, 2.75) is 156 Å². The minimum absolute atomic E-state index is 0.104. The Labute approximate surface area is 432 Å². The Bertz CT molecular complexity index is 2420. The number of unbranched alkanes of at least 4 members (excludes halogenated alkanes) is 1. The molecule has 0 saturated carbocycles. The molecule has 3 aromatic rings. The summed E-state index contributed by atoms with van der Waals surface area (Å²) < 4.78 is 5.87. The monoisotopic (exact) mass is 1030 g/mol. The van der Waals surface area contributed by atoms with Crippen molar-refractivity contribution in [2.75, 3.05) is 0 Å². The largest absolute Gasteiger partial charge is 0.489 e. The van der Waals surface area contributed by atoms with Crippen molar-refractivity contribution < 1.29 is 62.9 Å². The zero-order valence-corrected chi connectivity index (χ0v) is 43.3. The summed E-state index contributed by atoms with van der Waals surface area (Å²) in [5.74, 6) is -9.45. The summed E-state index contributed by atoms with van der Waals surface area (Å²) in [7, 11) is 0. The first kappa shape index (κ1) is 60.7. The van der Waals surface area contributed by atoms with E-state index in [4.69, 9.17) is 10.5 Å². The van der Waals surface area contributed by atoms with Crippen molar-refractivity contribution in [1.82, 2.24) is 31.9 Å². The third-order valence-corrected chi connectivity index (χ3v) is 11.9. The maximum absolute atomic E-state index is 14.6. The fourth-order valence-electron chi connectivity index (χ4n) is 7.74. The molecule has 74 heavy (non-hydrogen) atoms. The van der Waals surface area contributed by atoms with E-state index in [2.05, 4.69) is 31.9 Å². The van der Waals surface area contributed by atoms with E-state index < -0.39 is 126 Å². The van der Waals surface area contributed by atoms with Crippen LogP contribution >= 0.6 is 0 Å². The number of amides is 7. The molecule has 0 aliphatic carbocycles. The van der Waals surface area contributed by atoms with Crippen LogP contribution in [0.25, 0.3) is 0 Å². The molecule has 6 atom stereocenters. The second-order valence-corrected chi connectivity index (χ2v) is 19.8. The normalized spacial score (nSPS) is 13.6. The number of Topliss-reactive ketones (excluding diaryl/α,β-unsaturated/α-hetero) is 1. The zero-order chi connectivity index (χ0) is 55.1. The van der Waals surface area contributed by atoms with Crippen molar-refractivity contribution in [2.24, 2.45) is 17.1 Å². The molecule has 0 saturated heterocycles. The molecule has 7 amide bonds. The standard InChI is InChI=1S/C54H73N7O13/c1-8-9-19-38(46(67)48(55)68)57-50(70)40(28-32(2)3)60-53(73)47(54(5,6)7)61-52(72)42(30-36-18-14-13-15-33(36)4)59-49(69)39(24-26-44(63)64)58-51(71)41(56-43(62)25-27-45(65)66)29-34-20-22-37(23-21-34)74-31-35-16-11-10-12-17-35/h10-18,20-23,32,38-42,47H,8-9,19,24-31H2,1-7H3,(H2,55,68)(H,56,62)(H,57,70)(H,58,71)(H,59,69)(H,60,73)(H,61,72)(H,63,64)(H,65,66)/t38?,39-,40-,41-,42-,47+/m0/s1. The third-order valence-electron chi connectivity index (χ3n) is 11.9. The lowest BCUT2D eigenvalue weighted by Crippen LogP contribution is -2.62. The van der Waals surface area contributed by atoms with Gasteiger partial charge in [-0.25, -0.2) is 0 Å². The van der Waals surface area contributed by atoms with Gasteiger partial charge in [-0.3, -0.25) is 47.9 Å². The minimum Gasteiger partial charge on any atom is -0.489 e. The van der Waals surface area contributed by atoms with Gasteiger partial charge in [-0.2, -0.15) is 0 Å². The quantitative estimate of drug-likeness (QED) is 0.0418. The number of aliphatic carboxylic acids is 2. The second-order valence-electron chi connectivity index (χ2n) is 19.8. The van der Waals surface area contributed by atoms with Crippen molar-refractivity contribution in [1.29, 1.82) is 0 Å². The molecule has 0 aliphatic heterocycles. The molecule has 20 nitrogen and oxygen atoms in total. The maximum atomic E-state index is 14.6. The number of carboxylic acids is 2. The maximum Gasteiger partial charge on any atom is 0.303 e. The second kappa shape index (κ2) is 29.8. The SMILES string of the molecule is CCCCC(NC(=O)[C@H](CC(C)C)NC(=O)[C@@H](NC(=O)[C@H](Cc1ccccc1C)NC(=O)[C@H](CCC(=O)O)NC(=O)[C@H](Cc1ccc(OCc2ccccc2)cc1)NC(=O)CCC(=O)O)C(C)(C)C)C(=O)C(N)=O. The van der Waals surface area contributed by atoms with Gasteiger partial charge in [0.05, 0.1) is 12.5 Å². The molecule has 10 N–H and O–H groups in total. The smallest absolute Gasteiger partial charge is 0.303 e. The van der Waals surface area contributed by atoms with Crippen LogP contribution in [-0.2, 0) is 67.4 Å². The fourth-order valence-corrected chi connectivity index (χ4v) is 7.74. The number of aryl methyl sites for hydroxylation is 1. The highest BCUT2D eigenvalue weighted by Crippen LogP contribution is 2.22. The summed E-state index contributed by atoms with van der Waals surface area (Å²) in [5.41, 5.74) is 7.08. The lowest BCUT2D eigenvalue weighted by molar-refractivity contribution is -0.140. The molecule has 0 aliphatic rings. The number of nitrogens with one attached hydrogen (secondary N) is 6. The number of hydrogen-bond donors (Lipinski definition) is 9. The number of primary amides is 1. The molecule has 0 heterocycles. The van der Waals surface area contributed by atoms with Gasteiger partial charge >= 0.3 is 11.9 Å². The van der Waals surface area contributed by atoms with E-state index in [1.165, 1.54) is 0 Å². The fraction of sp³-hybridized carbons (Fsp3) is 0.481. The van der Waals surface area contributed by atoms with Crippen LogP contribution in [0.15, 0.2) is 78.9 Å². The first-order valence-corrected chi connectivity index (χ1v) is 24.8. The lowest BCUT2D eigenvalue weighted by Gasteiger charge is -2.34. The van der Waals surface area contributed by atoms with Gasteiger partial charge in [0.1, 0.15) is 42.6 Å². The molecule has 0 fully saturated rings. The van der Waals surface area contributed by atoms with Crippen LogP contribution < -0.4 is 42.4 Å². The molecule has 0 spiro atoms. The minimum atomic E-state index is -1.60. The molecular formula is C54H73N7O13. The van der Waals surface area contributed by atoms with Crippen LogP contribution in [-0.4, -0.2) is 106 Å². The summed E-state index contributed by atoms with van der Waals surface area (Å²) in [5, 5.41) is 34.7. The van der Waals surface area contributed by atoms with Crippen molar-refractivity contribution in [3.8, 4) is 5.75 Å². The topological polar surface area (TPSA) is 319 Å². The number of hydrogen-bond acceptors (Lipinski definition) is 11. The number of carboxylic acid groups (broad SMARTS) is 2. The Hall–Kier alpha value is -7.64. The summed E-state index contributed by atoms with van der Waals surface area (Å²) in [6.07, 6.45) is -0.976. The van der Waals surface area contributed by atoms with E-state index in [1.807, 2.05) is 51.1 Å². The van der Waals surface area contributed by atoms with Crippen molar-refractivity contribution in [3.63, 3.8) is 0 Å². The van der Waals surface area contributed by atoms with E-state index in [0.717, 1.165) is 11.1 Å². The molecule has 3 aromatic carbocycles. The Morgan fingerprint density at radius 1 is 0.581 bits per heavy atom. The average molecular weight is 1030 g/mol. The van der Waals surface area contributed by atoms with Crippen molar-refractivity contribution >= 4 is 59.1 Å². The molecule has 402 valence electrons. The number of ether oxygens (including phenoxy) is 1. The van der Waals surface area contributed by atoms with Gasteiger partial charge in [0.2, 0.25) is 41.2 Å². The van der Waals surface area contributed by atoms with Gasteiger partial charge in [0.25, 0.3) is 5.91 Å². The van der Waals surface area contributed by atoms with E-state index in [0.29, 0.717) is 29.7 Å². The number of benzene rings is 3. The summed E-state index contributed by atoms with van der Waals surface area (Å²) in [4.78, 5) is 132. The summed E-state index contributed by atoms with van der Waals surface area (Å²) in [6.45, 7) is 12.6. The van der Waals surface area contributed by atoms with E-state index in [-0.39, 0.29) is 38.2 Å². The Morgan fingerprint density at radius 2 is 1.12 bits per heavy atom. The first-order chi connectivity index (χ1) is 34.9. The molecular weight excluding hydrogens is 955 g/mol. The predicted molar refractivity (Wildman–Crippen MR) is 274 cm³/mol. The van der Waals surface area contributed by atoms with Crippen LogP contribution in [0.2, 0.25) is 0 Å². The van der Waals surface area contributed by atoms with Crippen LogP contribution in [0.1, 0.15) is 115 Å². The Kier molecular flexibility index (Phi) is 24.4. The van der Waals surface area contributed by atoms with Crippen LogP contribution in [0.3, 0.4) is 0 Å². The number of ketones is 1. The molecule has 0 aromatic heterocycles. The molecule has 0 radical (unpaired) electrons. The van der Waals surface area contributed by atoms with Gasteiger partial charge in [0, 0.05) is 25.7 Å². The number of rotatable bonds is 31. The highest BCUT2D eigenvalue weighted by Gasteiger charge is 2.39. The molecule has 0 bridgehead atoms. The molecule has 3 rings (SSSR count). The third kappa shape index (κ3) is 21.2. The average Bonchev–Trinajstić information content (AvgIpc) is 3.34. The van der Waals surface area contributed by atoms with Gasteiger partial charge in [0.15, 0.2) is 0 Å². The molecule has 20 heteroatoms. The lowest BCUT2D eigenvalue weighted by atomic mass is 9.85. The van der Waals surface area contributed by atoms with Crippen molar-refractivity contribution in [3.05, 3.63) is 101 Å². The number of carbonyl (C=O) groups is 10. The molecule has 1 unspecified atom stereocenters. The summed E-state index contributed by atoms with van der Waals surface area (Å²) >= 11 is 0. The van der Waals surface area contributed by atoms with Crippen LogP contribution in [0, 0.1) is 18.3 Å². The van der Waals surface area contributed by atoms with E-state index in [1.54, 1.807) is 76.2 Å². The Morgan fingerprint density at radius 3 is 1.70 bits per heavy atom. The highest BCUT2D eigenvalue weighted by molar-refractivity contribution is 6.37. The van der Waals surface area contributed by atoms with E-state index >= 15 is 0 Å². The zero-order valence-electron chi connectivity index (χ0n) is 43.3. The van der Waals surface area contributed by atoms with Gasteiger partial charge in [-0.05, 0) is 71.9 Å². The van der Waals surface area contributed by atoms with E-state index in [9.17, 15) is 58.2 Å².